The molecule has 0 aromatic carbocycles. The first-order valence-electron chi connectivity index (χ1n) is 8.74. The molecule has 26 heavy (non-hydrogen) atoms. The highest BCUT2D eigenvalue weighted by molar-refractivity contribution is 7.92. The lowest BCUT2D eigenvalue weighted by atomic mass is 9.94. The molecule has 1 saturated heterocycles. The monoisotopic (exact) mass is 386 g/mol. The molecule has 9 heteroatoms. The summed E-state index contributed by atoms with van der Waals surface area (Å²) in [5.41, 5.74) is -0.101. The van der Waals surface area contributed by atoms with Crippen LogP contribution in [0, 0.1) is 0 Å². The summed E-state index contributed by atoms with van der Waals surface area (Å²) in [4.78, 5) is 8.42. The molecule has 0 saturated carbocycles. The third-order valence-electron chi connectivity index (χ3n) is 4.69. The van der Waals surface area contributed by atoms with Gasteiger partial charge in [-0.15, -0.1) is 0 Å². The molecule has 1 aliphatic rings. The van der Waals surface area contributed by atoms with E-state index in [0.717, 1.165) is 5.76 Å². The van der Waals surface area contributed by atoms with Crippen LogP contribution in [-0.4, -0.2) is 57.2 Å². The number of oxazole rings is 1. The van der Waals surface area contributed by atoms with E-state index in [0.29, 0.717) is 44.5 Å². The van der Waals surface area contributed by atoms with Gasteiger partial charge in [0.15, 0.2) is 15.8 Å². The summed E-state index contributed by atoms with van der Waals surface area (Å²) in [5.74, 6) is 1.88. The van der Waals surface area contributed by atoms with E-state index in [9.17, 15) is 8.42 Å². The number of aliphatic imine (C=N–C) groups is 1. The summed E-state index contributed by atoms with van der Waals surface area (Å²) in [7, 11) is -1.59. The molecule has 0 spiro atoms. The lowest BCUT2D eigenvalue weighted by Crippen LogP contribution is -2.53. The fourth-order valence-corrected chi connectivity index (χ4v) is 4.03. The van der Waals surface area contributed by atoms with Crippen molar-refractivity contribution < 1.29 is 17.6 Å². The highest BCUT2D eigenvalue weighted by Crippen LogP contribution is 2.28. The quantitative estimate of drug-likeness (QED) is 0.579. The van der Waals surface area contributed by atoms with Gasteiger partial charge in [-0.1, -0.05) is 20.8 Å². The molecule has 1 aromatic rings. The van der Waals surface area contributed by atoms with Crippen molar-refractivity contribution in [3.63, 3.8) is 0 Å². The Morgan fingerprint density at radius 2 is 1.96 bits per heavy atom. The molecule has 2 heterocycles. The van der Waals surface area contributed by atoms with Crippen LogP contribution in [0.1, 0.15) is 45.3 Å². The lowest BCUT2D eigenvalue weighted by molar-refractivity contribution is 0.0756. The standard InChI is InChI=1S/C17H30N4O4S/c1-16(2,3)13-10-19-14(25-13)11-20-15(18-4)21-12-17(26(5,22)23)6-8-24-9-7-17/h10H,6-9,11-12H2,1-5H3,(H2,18,20,21). The average Bonchev–Trinajstić information content (AvgIpc) is 3.04. The molecular formula is C17H30N4O4S. The molecule has 1 aliphatic heterocycles. The minimum absolute atomic E-state index is 0.101. The number of rotatable bonds is 5. The van der Waals surface area contributed by atoms with E-state index in [1.807, 2.05) is 0 Å². The number of hydrogen-bond acceptors (Lipinski definition) is 6. The Bertz CT molecular complexity index is 728. The largest absolute Gasteiger partial charge is 0.443 e. The van der Waals surface area contributed by atoms with Crippen LogP contribution in [0.3, 0.4) is 0 Å². The predicted octanol–water partition coefficient (Wildman–Crippen LogP) is 1.23. The minimum atomic E-state index is -3.23. The molecular weight excluding hydrogens is 356 g/mol. The van der Waals surface area contributed by atoms with Crippen LogP contribution in [0.2, 0.25) is 0 Å². The molecule has 0 aliphatic carbocycles. The number of nitrogens with one attached hydrogen (secondary N) is 2. The highest BCUT2D eigenvalue weighted by Gasteiger charge is 2.42. The van der Waals surface area contributed by atoms with E-state index in [2.05, 4.69) is 41.4 Å². The van der Waals surface area contributed by atoms with Crippen LogP contribution >= 0.6 is 0 Å². The van der Waals surface area contributed by atoms with E-state index in [4.69, 9.17) is 9.15 Å². The van der Waals surface area contributed by atoms with E-state index in [1.54, 1.807) is 13.2 Å². The van der Waals surface area contributed by atoms with Gasteiger partial charge in [-0.05, 0) is 12.8 Å². The zero-order chi connectivity index (χ0) is 19.4. The first-order chi connectivity index (χ1) is 12.1. The van der Waals surface area contributed by atoms with Crippen LogP contribution in [0.25, 0.3) is 0 Å². The normalized spacial score (nSPS) is 18.6. The van der Waals surface area contributed by atoms with Crippen LogP contribution in [0.15, 0.2) is 15.6 Å². The van der Waals surface area contributed by atoms with Crippen LogP contribution in [-0.2, 0) is 26.5 Å². The number of aromatic nitrogens is 1. The molecule has 8 nitrogen and oxygen atoms in total. The van der Waals surface area contributed by atoms with Gasteiger partial charge in [-0.25, -0.2) is 13.4 Å². The Labute approximate surface area is 155 Å². The van der Waals surface area contributed by atoms with E-state index in [-0.39, 0.29) is 12.0 Å². The zero-order valence-corrected chi connectivity index (χ0v) is 17.1. The first kappa shape index (κ1) is 20.7. The molecule has 0 bridgehead atoms. The maximum atomic E-state index is 12.3. The van der Waals surface area contributed by atoms with Gasteiger partial charge in [0.25, 0.3) is 0 Å². The van der Waals surface area contributed by atoms with Crippen molar-refractivity contribution in [3.05, 3.63) is 17.8 Å². The molecule has 148 valence electrons. The second-order valence-electron chi connectivity index (χ2n) is 7.72. The number of guanidine groups is 1. The second-order valence-corrected chi connectivity index (χ2v) is 10.1. The SMILES string of the molecule is CN=C(NCc1ncc(C(C)(C)C)o1)NCC1(S(C)(=O)=O)CCOCC1. The summed E-state index contributed by atoms with van der Waals surface area (Å²) >= 11 is 0. The fraction of sp³-hybridized carbons (Fsp3) is 0.765. The Morgan fingerprint density at radius 1 is 1.31 bits per heavy atom. The van der Waals surface area contributed by atoms with Gasteiger partial charge in [0.2, 0.25) is 5.89 Å². The summed E-state index contributed by atoms with van der Waals surface area (Å²) in [6.07, 6.45) is 3.97. The molecule has 0 amide bonds. The third-order valence-corrected chi connectivity index (χ3v) is 6.82. The summed E-state index contributed by atoms with van der Waals surface area (Å²) in [6, 6.07) is 0. The van der Waals surface area contributed by atoms with Gasteiger partial charge in [-0.2, -0.15) is 0 Å². The van der Waals surface area contributed by atoms with Crippen molar-refractivity contribution in [2.24, 2.45) is 4.99 Å². The van der Waals surface area contributed by atoms with E-state index >= 15 is 0 Å². The van der Waals surface area contributed by atoms with Gasteiger partial charge >= 0.3 is 0 Å². The fourth-order valence-electron chi connectivity index (χ4n) is 2.79. The van der Waals surface area contributed by atoms with Gasteiger partial charge in [-0.3, -0.25) is 4.99 Å². The molecule has 0 radical (unpaired) electrons. The summed E-state index contributed by atoms with van der Waals surface area (Å²) < 4.78 is 34.9. The Hall–Kier alpha value is -1.61. The van der Waals surface area contributed by atoms with E-state index in [1.165, 1.54) is 6.26 Å². The van der Waals surface area contributed by atoms with Crippen molar-refractivity contribution >= 4 is 15.8 Å². The molecule has 0 atom stereocenters. The predicted molar refractivity (Wildman–Crippen MR) is 101 cm³/mol. The maximum Gasteiger partial charge on any atom is 0.213 e. The number of hydrogen-bond donors (Lipinski definition) is 2. The van der Waals surface area contributed by atoms with E-state index < -0.39 is 14.6 Å². The van der Waals surface area contributed by atoms with Gasteiger partial charge in [0.05, 0.1) is 17.5 Å². The van der Waals surface area contributed by atoms with Crippen molar-refractivity contribution in [2.45, 2.75) is 50.3 Å². The minimum Gasteiger partial charge on any atom is -0.443 e. The Morgan fingerprint density at radius 3 is 2.46 bits per heavy atom. The van der Waals surface area contributed by atoms with Crippen LogP contribution in [0.5, 0.6) is 0 Å². The number of ether oxygens (including phenoxy) is 1. The molecule has 1 fully saturated rings. The van der Waals surface area contributed by atoms with Crippen molar-refractivity contribution in [3.8, 4) is 0 Å². The maximum absolute atomic E-state index is 12.3. The molecule has 1 aromatic heterocycles. The molecule has 2 rings (SSSR count). The third kappa shape index (κ3) is 4.97. The van der Waals surface area contributed by atoms with Crippen LogP contribution in [0.4, 0.5) is 0 Å². The second kappa shape index (κ2) is 7.96. The zero-order valence-electron chi connectivity index (χ0n) is 16.3. The summed E-state index contributed by atoms with van der Waals surface area (Å²) in [5, 5.41) is 6.24. The van der Waals surface area contributed by atoms with Gasteiger partial charge in [0, 0.05) is 38.5 Å². The number of nitrogens with zero attached hydrogens (tertiary/aromatic N) is 2. The first-order valence-corrected chi connectivity index (χ1v) is 10.6. The summed E-state index contributed by atoms with van der Waals surface area (Å²) in [6.45, 7) is 7.73. The Balaban J connectivity index is 1.96. The molecule has 0 unspecified atom stereocenters. The lowest BCUT2D eigenvalue weighted by Gasteiger charge is -2.35. The van der Waals surface area contributed by atoms with Gasteiger partial charge in [0.1, 0.15) is 5.76 Å². The topological polar surface area (TPSA) is 106 Å². The van der Waals surface area contributed by atoms with Crippen LogP contribution < -0.4 is 10.6 Å². The Kier molecular flexibility index (Phi) is 6.33. The highest BCUT2D eigenvalue weighted by atomic mass is 32.2. The average molecular weight is 387 g/mol. The van der Waals surface area contributed by atoms with Crippen molar-refractivity contribution in [2.75, 3.05) is 33.1 Å². The molecule has 2 N–H and O–H groups in total. The smallest absolute Gasteiger partial charge is 0.213 e. The van der Waals surface area contributed by atoms with Crippen molar-refractivity contribution in [1.82, 2.24) is 15.6 Å². The number of sulfone groups is 1. The van der Waals surface area contributed by atoms with Gasteiger partial charge < -0.3 is 19.8 Å². The van der Waals surface area contributed by atoms with Crippen molar-refractivity contribution in [1.29, 1.82) is 0 Å².